The Morgan fingerprint density at radius 2 is 1.58 bits per heavy atom. The fourth-order valence-corrected chi connectivity index (χ4v) is 2.32. The van der Waals surface area contributed by atoms with Crippen LogP contribution >= 0.6 is 12.6 Å². The molecule has 0 saturated heterocycles. The minimum absolute atomic E-state index is 0.618. The smallest absolute Gasteiger partial charge is 0.0635 e. The summed E-state index contributed by atoms with van der Waals surface area (Å²) < 4.78 is 5.10. The molecule has 0 fully saturated rings. The largest absolute Gasteiger partial charge is 0.383 e. The van der Waals surface area contributed by atoms with Crippen LogP contribution in [0.3, 0.4) is 0 Å². The van der Waals surface area contributed by atoms with Crippen molar-refractivity contribution in [1.29, 1.82) is 5.26 Å². The van der Waals surface area contributed by atoms with Gasteiger partial charge in [0, 0.05) is 26.6 Å². The Labute approximate surface area is 124 Å². The predicted octanol–water partition coefficient (Wildman–Crippen LogP) is 3.51. The van der Waals surface area contributed by atoms with Gasteiger partial charge < -0.3 is 9.64 Å². The number of rotatable bonds is 14. The number of thiol groups is 1. The summed E-state index contributed by atoms with van der Waals surface area (Å²) >= 11 is 4.22. The third kappa shape index (κ3) is 14.0. The summed E-state index contributed by atoms with van der Waals surface area (Å²) in [5, 5.41) is 8.64. The molecule has 0 unspecified atom stereocenters. The monoisotopic (exact) mass is 286 g/mol. The topological polar surface area (TPSA) is 36.3 Å². The number of hydrogen-bond donors (Lipinski definition) is 1. The van der Waals surface area contributed by atoms with Gasteiger partial charge in [-0.1, -0.05) is 32.1 Å². The van der Waals surface area contributed by atoms with Gasteiger partial charge in [-0.2, -0.15) is 17.9 Å². The summed E-state index contributed by atoms with van der Waals surface area (Å²) in [5.41, 5.74) is 0. The normalized spacial score (nSPS) is 10.8. The van der Waals surface area contributed by atoms with Crippen molar-refractivity contribution in [2.75, 3.05) is 39.1 Å². The maximum absolute atomic E-state index is 8.64. The predicted molar refractivity (Wildman–Crippen MR) is 84.7 cm³/mol. The van der Waals surface area contributed by atoms with E-state index in [4.69, 9.17) is 10.00 Å². The molecule has 0 aromatic rings. The Bertz CT molecular complexity index is 219. The van der Waals surface area contributed by atoms with Crippen LogP contribution in [0.4, 0.5) is 0 Å². The zero-order chi connectivity index (χ0) is 14.2. The lowest BCUT2D eigenvalue weighted by Crippen LogP contribution is -2.29. The molecule has 0 aromatic carbocycles. The van der Waals surface area contributed by atoms with Crippen molar-refractivity contribution in [2.45, 2.75) is 51.4 Å². The van der Waals surface area contributed by atoms with Crippen LogP contribution in [-0.4, -0.2) is 44.0 Å². The van der Waals surface area contributed by atoms with Crippen LogP contribution in [0.25, 0.3) is 0 Å². The summed E-state index contributed by atoms with van der Waals surface area (Å²) in [6.07, 6.45) is 9.77. The number of unbranched alkanes of at least 4 members (excludes halogenated alkanes) is 6. The summed E-state index contributed by atoms with van der Waals surface area (Å²) in [6.45, 7) is 3.68. The highest BCUT2D eigenvalue weighted by Crippen LogP contribution is 2.08. The Morgan fingerprint density at radius 1 is 0.947 bits per heavy atom. The van der Waals surface area contributed by atoms with Crippen molar-refractivity contribution in [1.82, 2.24) is 4.90 Å². The van der Waals surface area contributed by atoms with Gasteiger partial charge in [-0.3, -0.25) is 0 Å². The van der Waals surface area contributed by atoms with E-state index in [0.29, 0.717) is 6.42 Å². The molecule has 3 nitrogen and oxygen atoms in total. The molecule has 0 aromatic heterocycles. The standard InChI is InChI=1S/C15H30N2OS/c1-18-14-13-17(12-9-10-16)11-7-5-3-2-4-6-8-15-19/h19H,2-9,11-15H2,1H3. The molecule has 0 N–H and O–H groups in total. The van der Waals surface area contributed by atoms with E-state index in [9.17, 15) is 0 Å². The molecule has 0 amide bonds. The molecule has 112 valence electrons. The zero-order valence-electron chi connectivity index (χ0n) is 12.4. The van der Waals surface area contributed by atoms with Gasteiger partial charge in [0.05, 0.1) is 12.7 Å². The van der Waals surface area contributed by atoms with Crippen LogP contribution in [0.1, 0.15) is 51.4 Å². The summed E-state index contributed by atoms with van der Waals surface area (Å²) in [6, 6.07) is 2.22. The second-order valence-corrected chi connectivity index (χ2v) is 5.39. The zero-order valence-corrected chi connectivity index (χ0v) is 13.3. The molecule has 0 saturated carbocycles. The van der Waals surface area contributed by atoms with Crippen molar-refractivity contribution in [2.24, 2.45) is 0 Å². The lowest BCUT2D eigenvalue weighted by molar-refractivity contribution is 0.147. The van der Waals surface area contributed by atoms with Crippen molar-refractivity contribution < 1.29 is 4.74 Å². The van der Waals surface area contributed by atoms with Crippen molar-refractivity contribution in [3.8, 4) is 6.07 Å². The molecule has 4 heteroatoms. The molecule has 19 heavy (non-hydrogen) atoms. The summed E-state index contributed by atoms with van der Waals surface area (Å²) in [7, 11) is 1.73. The van der Waals surface area contributed by atoms with E-state index in [1.807, 2.05) is 0 Å². The van der Waals surface area contributed by atoms with Crippen LogP contribution in [0.5, 0.6) is 0 Å². The van der Waals surface area contributed by atoms with E-state index in [1.165, 1.54) is 44.9 Å². The van der Waals surface area contributed by atoms with Gasteiger partial charge in [0.25, 0.3) is 0 Å². The third-order valence-corrected chi connectivity index (χ3v) is 3.60. The number of nitriles is 1. The van der Waals surface area contributed by atoms with Gasteiger partial charge in [-0.15, -0.1) is 0 Å². The second kappa shape index (κ2) is 15.8. The van der Waals surface area contributed by atoms with Crippen molar-refractivity contribution in [3.63, 3.8) is 0 Å². The molecule has 0 atom stereocenters. The Balaban J connectivity index is 3.43. The first-order valence-corrected chi connectivity index (χ1v) is 8.17. The van der Waals surface area contributed by atoms with E-state index < -0.39 is 0 Å². The van der Waals surface area contributed by atoms with Crippen molar-refractivity contribution in [3.05, 3.63) is 0 Å². The molecular formula is C15H30N2OS. The lowest BCUT2D eigenvalue weighted by Gasteiger charge is -2.20. The van der Waals surface area contributed by atoms with Crippen molar-refractivity contribution >= 4 is 12.6 Å². The second-order valence-electron chi connectivity index (χ2n) is 4.94. The first-order chi connectivity index (χ1) is 9.35. The summed E-state index contributed by atoms with van der Waals surface area (Å²) in [4.78, 5) is 2.34. The highest BCUT2D eigenvalue weighted by molar-refractivity contribution is 7.80. The summed E-state index contributed by atoms with van der Waals surface area (Å²) in [5.74, 6) is 1.02. The average molecular weight is 286 g/mol. The highest BCUT2D eigenvalue weighted by Gasteiger charge is 2.03. The Morgan fingerprint density at radius 3 is 2.16 bits per heavy atom. The fourth-order valence-electron chi connectivity index (χ4n) is 2.10. The van der Waals surface area contributed by atoms with Gasteiger partial charge in [-0.25, -0.2) is 0 Å². The fraction of sp³-hybridized carbons (Fsp3) is 0.933. The van der Waals surface area contributed by atoms with Gasteiger partial charge >= 0.3 is 0 Å². The number of nitrogens with zero attached hydrogens (tertiary/aromatic N) is 2. The maximum atomic E-state index is 8.64. The number of hydrogen-bond acceptors (Lipinski definition) is 4. The van der Waals surface area contributed by atoms with E-state index >= 15 is 0 Å². The molecule has 0 heterocycles. The molecule has 0 aliphatic rings. The van der Waals surface area contributed by atoms with Crippen LogP contribution < -0.4 is 0 Å². The molecule has 0 aliphatic carbocycles. The molecular weight excluding hydrogens is 256 g/mol. The lowest BCUT2D eigenvalue weighted by atomic mass is 10.1. The van der Waals surface area contributed by atoms with E-state index in [-0.39, 0.29) is 0 Å². The minimum atomic E-state index is 0.618. The Hall–Kier alpha value is -0.240. The molecule has 0 bridgehead atoms. The van der Waals surface area contributed by atoms with Crippen LogP contribution in [0.2, 0.25) is 0 Å². The van der Waals surface area contributed by atoms with Crippen LogP contribution in [0, 0.1) is 11.3 Å². The van der Waals surface area contributed by atoms with E-state index in [2.05, 4.69) is 23.6 Å². The highest BCUT2D eigenvalue weighted by atomic mass is 32.1. The third-order valence-electron chi connectivity index (χ3n) is 3.28. The number of methoxy groups -OCH3 is 1. The van der Waals surface area contributed by atoms with E-state index in [0.717, 1.165) is 32.0 Å². The van der Waals surface area contributed by atoms with Gasteiger partial charge in [0.1, 0.15) is 0 Å². The molecule has 0 aliphatic heterocycles. The quantitative estimate of drug-likeness (QED) is 0.392. The van der Waals surface area contributed by atoms with Crippen LogP contribution in [-0.2, 0) is 4.74 Å². The van der Waals surface area contributed by atoms with E-state index in [1.54, 1.807) is 7.11 Å². The first kappa shape index (κ1) is 18.8. The Kier molecular flexibility index (Phi) is 15.6. The average Bonchev–Trinajstić information content (AvgIpc) is 2.43. The maximum Gasteiger partial charge on any atom is 0.0635 e. The van der Waals surface area contributed by atoms with Crippen LogP contribution in [0.15, 0.2) is 0 Å². The first-order valence-electron chi connectivity index (χ1n) is 7.54. The molecule has 0 radical (unpaired) electrons. The molecule has 0 spiro atoms. The van der Waals surface area contributed by atoms with Gasteiger partial charge in [0.2, 0.25) is 0 Å². The van der Waals surface area contributed by atoms with Gasteiger partial charge in [0.15, 0.2) is 0 Å². The minimum Gasteiger partial charge on any atom is -0.383 e. The molecule has 0 rings (SSSR count). The van der Waals surface area contributed by atoms with Gasteiger partial charge in [-0.05, 0) is 25.1 Å². The SMILES string of the molecule is COCCN(CCC#N)CCCCCCCCCS. The number of ether oxygens (including phenoxy) is 1.